The third kappa shape index (κ3) is 2.75. The number of hydrogen-bond acceptors (Lipinski definition) is 5. The van der Waals surface area contributed by atoms with Crippen molar-refractivity contribution in [2.75, 3.05) is 26.8 Å². The first kappa shape index (κ1) is 15.7. The second-order valence-corrected chi connectivity index (χ2v) is 7.50. The number of rotatable bonds is 3. The molecule has 0 bridgehead atoms. The van der Waals surface area contributed by atoms with E-state index < -0.39 is 0 Å². The molecule has 0 spiro atoms. The monoisotopic (exact) mass is 342 g/mol. The average molecular weight is 342 g/mol. The fourth-order valence-electron chi connectivity index (χ4n) is 3.45. The Labute approximate surface area is 145 Å². The molecule has 0 saturated carbocycles. The number of para-hydroxylation sites is 1. The lowest BCUT2D eigenvalue weighted by atomic mass is 10.0. The first-order chi connectivity index (χ1) is 11.6. The van der Waals surface area contributed by atoms with Gasteiger partial charge in [-0.15, -0.1) is 11.3 Å². The summed E-state index contributed by atoms with van der Waals surface area (Å²) in [5.74, 6) is 0. The van der Waals surface area contributed by atoms with Crippen molar-refractivity contribution in [1.29, 1.82) is 0 Å². The Morgan fingerprint density at radius 2 is 2.12 bits per heavy atom. The third-order valence-corrected chi connectivity index (χ3v) is 5.81. The number of ether oxygens (including phenoxy) is 1. The van der Waals surface area contributed by atoms with E-state index in [2.05, 4.69) is 48.7 Å². The molecule has 1 atom stereocenters. The van der Waals surface area contributed by atoms with Crippen molar-refractivity contribution in [3.63, 3.8) is 0 Å². The van der Waals surface area contributed by atoms with Gasteiger partial charge in [-0.25, -0.2) is 4.98 Å². The van der Waals surface area contributed by atoms with Gasteiger partial charge in [-0.1, -0.05) is 12.1 Å². The molecule has 5 nitrogen and oxygen atoms in total. The third-order valence-electron chi connectivity index (χ3n) is 4.79. The Kier molecular flexibility index (Phi) is 4.12. The van der Waals surface area contributed by atoms with Crippen molar-refractivity contribution < 1.29 is 4.74 Å². The van der Waals surface area contributed by atoms with Crippen molar-refractivity contribution in [1.82, 2.24) is 19.7 Å². The van der Waals surface area contributed by atoms with E-state index in [4.69, 9.17) is 14.8 Å². The molecule has 1 aliphatic heterocycles. The highest BCUT2D eigenvalue weighted by Crippen LogP contribution is 2.29. The van der Waals surface area contributed by atoms with Crippen LogP contribution in [0.5, 0.6) is 0 Å². The van der Waals surface area contributed by atoms with E-state index in [-0.39, 0.29) is 0 Å². The molecular weight excluding hydrogens is 320 g/mol. The van der Waals surface area contributed by atoms with Crippen LogP contribution in [0.3, 0.4) is 0 Å². The summed E-state index contributed by atoms with van der Waals surface area (Å²) in [6, 6.07) is 8.58. The van der Waals surface area contributed by atoms with Gasteiger partial charge in [0, 0.05) is 17.8 Å². The van der Waals surface area contributed by atoms with Crippen molar-refractivity contribution in [3.8, 4) is 0 Å². The molecule has 3 aromatic rings. The number of morpholine rings is 1. The van der Waals surface area contributed by atoms with Gasteiger partial charge in [0.1, 0.15) is 5.01 Å². The van der Waals surface area contributed by atoms with Crippen LogP contribution in [0.1, 0.15) is 28.0 Å². The van der Waals surface area contributed by atoms with E-state index in [1.165, 1.54) is 16.0 Å². The highest BCUT2D eigenvalue weighted by atomic mass is 32.1. The van der Waals surface area contributed by atoms with Crippen molar-refractivity contribution in [2.45, 2.75) is 26.4 Å². The van der Waals surface area contributed by atoms with E-state index in [1.807, 2.05) is 6.07 Å². The van der Waals surface area contributed by atoms with E-state index >= 15 is 0 Å². The predicted molar refractivity (Wildman–Crippen MR) is 96.6 cm³/mol. The number of nitrogens with zero attached hydrogens (tertiary/aromatic N) is 4. The molecule has 1 unspecified atom stereocenters. The molecule has 2 aromatic heterocycles. The fraction of sp³-hybridized carbons (Fsp3) is 0.444. The Hall–Kier alpha value is -1.76. The minimum absolute atomic E-state index is 0.294. The summed E-state index contributed by atoms with van der Waals surface area (Å²) < 4.78 is 9.01. The largest absolute Gasteiger partial charge is 0.378 e. The van der Waals surface area contributed by atoms with Gasteiger partial charge in [-0.2, -0.15) is 5.10 Å². The van der Waals surface area contributed by atoms with Crippen LogP contribution in [-0.4, -0.2) is 46.5 Å². The van der Waals surface area contributed by atoms with Crippen LogP contribution in [0.4, 0.5) is 0 Å². The molecule has 6 heteroatoms. The zero-order valence-electron chi connectivity index (χ0n) is 14.3. The summed E-state index contributed by atoms with van der Waals surface area (Å²) >= 11 is 1.75. The summed E-state index contributed by atoms with van der Waals surface area (Å²) in [6.45, 7) is 7.50. The van der Waals surface area contributed by atoms with Gasteiger partial charge in [-0.05, 0) is 33.0 Å². The lowest BCUT2D eigenvalue weighted by Crippen LogP contribution is -2.37. The quantitative estimate of drug-likeness (QED) is 0.733. The summed E-state index contributed by atoms with van der Waals surface area (Å²) in [7, 11) is 2.16. The van der Waals surface area contributed by atoms with Gasteiger partial charge in [0.15, 0.2) is 0 Å². The number of aromatic nitrogens is 3. The SMILES string of the molecule is Cc1nn(Cc2nc3ccccc3s2)c(C)c1C1COCCN1C. The lowest BCUT2D eigenvalue weighted by Gasteiger charge is -2.32. The second-order valence-electron chi connectivity index (χ2n) is 6.39. The van der Waals surface area contributed by atoms with Crippen LogP contribution < -0.4 is 0 Å². The number of likely N-dealkylation sites (N-methyl/N-ethyl adjacent to an activating group) is 1. The van der Waals surface area contributed by atoms with Crippen LogP contribution >= 0.6 is 11.3 Å². The molecule has 0 amide bonds. The van der Waals surface area contributed by atoms with Crippen molar-refractivity contribution in [3.05, 3.63) is 46.2 Å². The zero-order valence-corrected chi connectivity index (χ0v) is 15.1. The van der Waals surface area contributed by atoms with Gasteiger partial charge in [0.05, 0.1) is 41.7 Å². The van der Waals surface area contributed by atoms with Crippen LogP contribution in [0.25, 0.3) is 10.2 Å². The molecule has 3 heterocycles. The molecule has 0 N–H and O–H groups in total. The molecule has 1 aliphatic rings. The van der Waals surface area contributed by atoms with Gasteiger partial charge in [-0.3, -0.25) is 9.58 Å². The maximum Gasteiger partial charge on any atom is 0.115 e. The topological polar surface area (TPSA) is 43.2 Å². The number of aryl methyl sites for hydroxylation is 1. The van der Waals surface area contributed by atoms with E-state index in [0.29, 0.717) is 6.04 Å². The summed E-state index contributed by atoms with van der Waals surface area (Å²) in [4.78, 5) is 7.10. The van der Waals surface area contributed by atoms with Crippen LogP contribution in [0.2, 0.25) is 0 Å². The van der Waals surface area contributed by atoms with Gasteiger partial charge in [0.25, 0.3) is 0 Å². The fourth-order valence-corrected chi connectivity index (χ4v) is 4.40. The molecule has 4 rings (SSSR count). The summed E-state index contributed by atoms with van der Waals surface area (Å²) in [5, 5.41) is 5.89. The predicted octanol–water partition coefficient (Wildman–Crippen LogP) is 3.16. The number of fused-ring (bicyclic) bond motifs is 1. The zero-order chi connectivity index (χ0) is 16.7. The maximum absolute atomic E-state index is 5.70. The summed E-state index contributed by atoms with van der Waals surface area (Å²) in [6.07, 6.45) is 0. The molecule has 24 heavy (non-hydrogen) atoms. The highest BCUT2D eigenvalue weighted by molar-refractivity contribution is 7.18. The number of thiazole rings is 1. The van der Waals surface area contributed by atoms with Gasteiger partial charge < -0.3 is 4.74 Å². The highest BCUT2D eigenvalue weighted by Gasteiger charge is 2.27. The van der Waals surface area contributed by atoms with Crippen LogP contribution in [0.15, 0.2) is 24.3 Å². The Morgan fingerprint density at radius 3 is 2.92 bits per heavy atom. The van der Waals surface area contributed by atoms with Crippen LogP contribution in [-0.2, 0) is 11.3 Å². The van der Waals surface area contributed by atoms with Crippen molar-refractivity contribution >= 4 is 21.6 Å². The average Bonchev–Trinajstić information content (AvgIpc) is 3.09. The molecule has 0 radical (unpaired) electrons. The minimum Gasteiger partial charge on any atom is -0.378 e. The Morgan fingerprint density at radius 1 is 1.29 bits per heavy atom. The standard InChI is InChI=1S/C18H22N4OS/c1-12-18(15-11-23-9-8-21(15)3)13(2)22(20-12)10-17-19-14-6-4-5-7-16(14)24-17/h4-7,15H,8-11H2,1-3H3. The van der Waals surface area contributed by atoms with E-state index in [0.717, 1.165) is 42.5 Å². The minimum atomic E-state index is 0.294. The molecule has 126 valence electrons. The number of hydrogen-bond donors (Lipinski definition) is 0. The molecule has 1 aromatic carbocycles. The lowest BCUT2D eigenvalue weighted by molar-refractivity contribution is 0.00457. The molecule has 0 aliphatic carbocycles. The summed E-state index contributed by atoms with van der Waals surface area (Å²) in [5.41, 5.74) is 4.68. The normalized spacial score (nSPS) is 19.2. The Balaban J connectivity index is 1.65. The van der Waals surface area contributed by atoms with E-state index in [1.54, 1.807) is 11.3 Å². The van der Waals surface area contributed by atoms with Crippen molar-refractivity contribution in [2.24, 2.45) is 0 Å². The smallest absolute Gasteiger partial charge is 0.115 e. The Bertz CT molecular complexity index is 836. The van der Waals surface area contributed by atoms with Gasteiger partial charge >= 0.3 is 0 Å². The first-order valence-electron chi connectivity index (χ1n) is 8.30. The first-order valence-corrected chi connectivity index (χ1v) is 9.11. The number of benzene rings is 1. The molecular formula is C18H22N4OS. The maximum atomic E-state index is 5.70. The molecule has 1 saturated heterocycles. The second kappa shape index (κ2) is 6.27. The van der Waals surface area contributed by atoms with E-state index in [9.17, 15) is 0 Å². The van der Waals surface area contributed by atoms with Gasteiger partial charge in [0.2, 0.25) is 0 Å². The molecule has 1 fully saturated rings. The van der Waals surface area contributed by atoms with Crippen LogP contribution in [0, 0.1) is 13.8 Å².